The molecule has 2 atom stereocenters. The van der Waals surface area contributed by atoms with E-state index in [4.69, 9.17) is 9.47 Å². The van der Waals surface area contributed by atoms with Crippen molar-refractivity contribution in [3.05, 3.63) is 18.5 Å². The van der Waals surface area contributed by atoms with E-state index in [-0.39, 0.29) is 18.3 Å². The summed E-state index contributed by atoms with van der Waals surface area (Å²) in [6.07, 6.45) is 6.17. The van der Waals surface area contributed by atoms with Gasteiger partial charge in [-0.2, -0.15) is 0 Å². The molecule has 1 saturated heterocycles. The Morgan fingerprint density at radius 1 is 1.29 bits per heavy atom. The van der Waals surface area contributed by atoms with Crippen LogP contribution in [-0.2, 0) is 4.74 Å². The molecule has 4 nitrogen and oxygen atoms in total. The summed E-state index contributed by atoms with van der Waals surface area (Å²) < 4.78 is 11.6. The number of nitrogens with one attached hydrogen (secondary N) is 1. The summed E-state index contributed by atoms with van der Waals surface area (Å²) in [4.78, 5) is 4.14. The summed E-state index contributed by atoms with van der Waals surface area (Å²) in [5.74, 6) is 0.822. The summed E-state index contributed by atoms with van der Waals surface area (Å²) in [5.41, 5.74) is 0.968. The minimum atomic E-state index is 0.225. The zero-order valence-corrected chi connectivity index (χ0v) is 10.6. The van der Waals surface area contributed by atoms with E-state index in [9.17, 15) is 0 Å². The van der Waals surface area contributed by atoms with Gasteiger partial charge < -0.3 is 14.8 Å². The topological polar surface area (TPSA) is 43.4 Å². The van der Waals surface area contributed by atoms with Crippen LogP contribution >= 0.6 is 0 Å². The van der Waals surface area contributed by atoms with Crippen LogP contribution in [0.1, 0.15) is 26.7 Å². The Labute approximate surface area is 102 Å². The van der Waals surface area contributed by atoms with Crippen LogP contribution in [0.5, 0.6) is 5.75 Å². The zero-order valence-electron chi connectivity index (χ0n) is 10.6. The second-order valence-corrected chi connectivity index (χ2v) is 4.63. The van der Waals surface area contributed by atoms with Gasteiger partial charge in [-0.05, 0) is 13.8 Å². The Bertz CT molecular complexity index is 360. The first-order valence-electron chi connectivity index (χ1n) is 6.12. The standard InChI is InChI=1S/C13H20N2O2/c1-9-4-12(5-10(2)16-9)17-13-6-11(14-3)7-15-8-13/h6-10,12,14H,4-5H2,1-3H3. The molecule has 1 aromatic heterocycles. The lowest BCUT2D eigenvalue weighted by atomic mass is 10.0. The SMILES string of the molecule is CNc1cncc(OC2CC(C)OC(C)C2)c1. The molecule has 2 rings (SSSR count). The first kappa shape index (κ1) is 12.2. The Balaban J connectivity index is 1.99. The molecule has 17 heavy (non-hydrogen) atoms. The molecule has 0 spiro atoms. The highest BCUT2D eigenvalue weighted by molar-refractivity contribution is 5.44. The van der Waals surface area contributed by atoms with E-state index >= 15 is 0 Å². The molecular weight excluding hydrogens is 216 g/mol. The zero-order chi connectivity index (χ0) is 12.3. The smallest absolute Gasteiger partial charge is 0.140 e. The van der Waals surface area contributed by atoms with Crippen molar-refractivity contribution in [2.45, 2.75) is 45.0 Å². The summed E-state index contributed by atoms with van der Waals surface area (Å²) in [6.45, 7) is 4.18. The first-order valence-corrected chi connectivity index (χ1v) is 6.12. The number of nitrogens with zero attached hydrogens (tertiary/aromatic N) is 1. The Morgan fingerprint density at radius 2 is 2.00 bits per heavy atom. The molecule has 2 heterocycles. The van der Waals surface area contributed by atoms with Crippen molar-refractivity contribution >= 4 is 5.69 Å². The lowest BCUT2D eigenvalue weighted by molar-refractivity contribution is -0.0721. The average molecular weight is 236 g/mol. The third-order valence-corrected chi connectivity index (χ3v) is 2.96. The summed E-state index contributed by atoms with van der Waals surface area (Å²) in [7, 11) is 1.87. The molecule has 0 aromatic carbocycles. The third kappa shape index (κ3) is 3.33. The molecule has 2 unspecified atom stereocenters. The monoisotopic (exact) mass is 236 g/mol. The van der Waals surface area contributed by atoms with Gasteiger partial charge in [0.1, 0.15) is 11.9 Å². The third-order valence-electron chi connectivity index (χ3n) is 2.96. The number of hydrogen-bond acceptors (Lipinski definition) is 4. The van der Waals surface area contributed by atoms with Gasteiger partial charge in [-0.25, -0.2) is 0 Å². The molecule has 1 aromatic rings. The van der Waals surface area contributed by atoms with Crippen molar-refractivity contribution in [1.29, 1.82) is 0 Å². The van der Waals surface area contributed by atoms with Crippen LogP contribution in [0, 0.1) is 0 Å². The second kappa shape index (κ2) is 5.36. The summed E-state index contributed by atoms with van der Waals surface area (Å²) in [6, 6.07) is 1.97. The van der Waals surface area contributed by atoms with Crippen molar-refractivity contribution in [3.8, 4) is 5.75 Å². The van der Waals surface area contributed by atoms with Crippen LogP contribution in [0.15, 0.2) is 18.5 Å². The molecular formula is C13H20N2O2. The number of anilines is 1. The molecule has 0 saturated carbocycles. The van der Waals surface area contributed by atoms with E-state index in [1.807, 2.05) is 13.1 Å². The molecule has 4 heteroatoms. The van der Waals surface area contributed by atoms with E-state index in [0.29, 0.717) is 0 Å². The number of ether oxygens (including phenoxy) is 2. The first-order chi connectivity index (χ1) is 8.17. The maximum Gasteiger partial charge on any atom is 0.140 e. The molecule has 0 amide bonds. The van der Waals surface area contributed by atoms with Gasteiger partial charge in [0.15, 0.2) is 0 Å². The summed E-state index contributed by atoms with van der Waals surface area (Å²) in [5, 5.41) is 3.05. The fourth-order valence-electron chi connectivity index (χ4n) is 2.25. The van der Waals surface area contributed by atoms with Gasteiger partial charge >= 0.3 is 0 Å². The molecule has 0 aliphatic carbocycles. The number of rotatable bonds is 3. The van der Waals surface area contributed by atoms with Crippen molar-refractivity contribution < 1.29 is 9.47 Å². The maximum atomic E-state index is 5.96. The normalized spacial score (nSPS) is 28.8. The average Bonchev–Trinajstić information content (AvgIpc) is 2.28. The number of hydrogen-bond donors (Lipinski definition) is 1. The van der Waals surface area contributed by atoms with Crippen LogP contribution in [0.2, 0.25) is 0 Å². The Kier molecular flexibility index (Phi) is 3.84. The molecule has 1 N–H and O–H groups in total. The summed E-state index contributed by atoms with van der Waals surface area (Å²) >= 11 is 0. The molecule has 1 fully saturated rings. The predicted octanol–water partition coefficient (Wildman–Crippen LogP) is 2.46. The maximum absolute atomic E-state index is 5.96. The number of aromatic nitrogens is 1. The van der Waals surface area contributed by atoms with Crippen molar-refractivity contribution in [1.82, 2.24) is 4.98 Å². The van der Waals surface area contributed by atoms with Gasteiger partial charge in [0.2, 0.25) is 0 Å². The molecule has 1 aliphatic heterocycles. The lowest BCUT2D eigenvalue weighted by Gasteiger charge is -2.32. The van der Waals surface area contributed by atoms with E-state index in [2.05, 4.69) is 24.1 Å². The minimum absolute atomic E-state index is 0.225. The minimum Gasteiger partial charge on any atom is -0.489 e. The van der Waals surface area contributed by atoms with Crippen molar-refractivity contribution in [3.63, 3.8) is 0 Å². The van der Waals surface area contributed by atoms with Crippen LogP contribution < -0.4 is 10.1 Å². The quantitative estimate of drug-likeness (QED) is 0.875. The molecule has 1 aliphatic rings. The molecule has 0 radical (unpaired) electrons. The second-order valence-electron chi connectivity index (χ2n) is 4.63. The highest BCUT2D eigenvalue weighted by Crippen LogP contribution is 2.24. The van der Waals surface area contributed by atoms with Crippen LogP contribution in [-0.4, -0.2) is 30.3 Å². The molecule has 0 bridgehead atoms. The van der Waals surface area contributed by atoms with Crippen molar-refractivity contribution in [2.75, 3.05) is 12.4 Å². The van der Waals surface area contributed by atoms with Gasteiger partial charge in [-0.15, -0.1) is 0 Å². The van der Waals surface area contributed by atoms with Crippen molar-refractivity contribution in [2.24, 2.45) is 0 Å². The van der Waals surface area contributed by atoms with Gasteiger partial charge in [0, 0.05) is 26.0 Å². The van der Waals surface area contributed by atoms with Gasteiger partial charge in [-0.3, -0.25) is 4.98 Å². The highest BCUT2D eigenvalue weighted by Gasteiger charge is 2.25. The predicted molar refractivity (Wildman–Crippen MR) is 67.4 cm³/mol. The van der Waals surface area contributed by atoms with Crippen LogP contribution in [0.25, 0.3) is 0 Å². The largest absolute Gasteiger partial charge is 0.489 e. The van der Waals surface area contributed by atoms with Gasteiger partial charge in [0.25, 0.3) is 0 Å². The van der Waals surface area contributed by atoms with E-state index < -0.39 is 0 Å². The Morgan fingerprint density at radius 3 is 2.65 bits per heavy atom. The van der Waals surface area contributed by atoms with E-state index in [1.54, 1.807) is 12.4 Å². The van der Waals surface area contributed by atoms with E-state index in [0.717, 1.165) is 24.3 Å². The molecule has 94 valence electrons. The van der Waals surface area contributed by atoms with Crippen LogP contribution in [0.4, 0.5) is 5.69 Å². The lowest BCUT2D eigenvalue weighted by Crippen LogP contribution is -2.35. The van der Waals surface area contributed by atoms with Gasteiger partial charge in [-0.1, -0.05) is 0 Å². The van der Waals surface area contributed by atoms with E-state index in [1.165, 1.54) is 0 Å². The van der Waals surface area contributed by atoms with Crippen LogP contribution in [0.3, 0.4) is 0 Å². The highest BCUT2D eigenvalue weighted by atomic mass is 16.5. The Hall–Kier alpha value is -1.29. The fraction of sp³-hybridized carbons (Fsp3) is 0.615. The fourth-order valence-corrected chi connectivity index (χ4v) is 2.25. The van der Waals surface area contributed by atoms with Gasteiger partial charge in [0.05, 0.1) is 30.3 Å². The number of pyridine rings is 1.